The van der Waals surface area contributed by atoms with Gasteiger partial charge in [-0.15, -0.1) is 11.3 Å². The minimum atomic E-state index is -0.210. The van der Waals surface area contributed by atoms with Crippen LogP contribution in [0.2, 0.25) is 0 Å². The Kier molecular flexibility index (Phi) is 2.32. The maximum Gasteiger partial charge on any atom is 0.238 e. The van der Waals surface area contributed by atoms with Gasteiger partial charge in [0.25, 0.3) is 0 Å². The fraction of sp³-hybridized carbons (Fsp3) is 0. The molecule has 0 aliphatic carbocycles. The minimum absolute atomic E-state index is 0.154. The second-order valence-electron chi connectivity index (χ2n) is 1.70. The molecule has 0 atom stereocenters. The number of allylic oxidation sites excluding steroid dienone is 1. The highest BCUT2D eigenvalue weighted by Gasteiger charge is 2.04. The lowest BCUT2D eigenvalue weighted by Crippen LogP contribution is -1.87. The van der Waals surface area contributed by atoms with E-state index in [2.05, 4.69) is 4.98 Å². The van der Waals surface area contributed by atoms with Crippen molar-refractivity contribution in [3.05, 3.63) is 17.4 Å². The van der Waals surface area contributed by atoms with Crippen LogP contribution in [0, 0.1) is 0 Å². The molecule has 0 aliphatic heterocycles. The number of thiazole rings is 1. The number of anilines is 1. The molecule has 57 valence electrons. The minimum Gasteiger partial charge on any atom is -0.375 e. The molecule has 0 spiro atoms. The van der Waals surface area contributed by atoms with Gasteiger partial charge >= 0.3 is 0 Å². The SMILES string of the molecule is Nc1nc(/C([C]=O)=C\F)cs1. The van der Waals surface area contributed by atoms with Crippen molar-refractivity contribution in [2.75, 3.05) is 5.73 Å². The van der Waals surface area contributed by atoms with Gasteiger partial charge in [-0.25, -0.2) is 9.37 Å². The molecule has 5 heteroatoms. The van der Waals surface area contributed by atoms with Crippen molar-refractivity contribution in [3.8, 4) is 0 Å². The summed E-state index contributed by atoms with van der Waals surface area (Å²) < 4.78 is 11.9. The zero-order chi connectivity index (χ0) is 8.27. The van der Waals surface area contributed by atoms with Crippen LogP contribution in [0.1, 0.15) is 5.69 Å². The first-order valence-corrected chi connectivity index (χ1v) is 3.56. The van der Waals surface area contributed by atoms with E-state index in [4.69, 9.17) is 5.73 Å². The van der Waals surface area contributed by atoms with Gasteiger partial charge in [0.2, 0.25) is 6.29 Å². The Labute approximate surface area is 66.4 Å². The second kappa shape index (κ2) is 3.25. The smallest absolute Gasteiger partial charge is 0.238 e. The molecule has 0 unspecified atom stereocenters. The van der Waals surface area contributed by atoms with E-state index >= 15 is 0 Å². The maximum absolute atomic E-state index is 11.9. The van der Waals surface area contributed by atoms with Crippen LogP contribution in [0.3, 0.4) is 0 Å². The zero-order valence-electron chi connectivity index (χ0n) is 5.37. The molecule has 1 radical (unpaired) electrons. The molecule has 11 heavy (non-hydrogen) atoms. The highest BCUT2D eigenvalue weighted by molar-refractivity contribution is 7.13. The molecule has 3 nitrogen and oxygen atoms in total. The number of aromatic nitrogens is 1. The van der Waals surface area contributed by atoms with E-state index in [0.29, 0.717) is 5.13 Å². The third kappa shape index (κ3) is 1.62. The molecule has 2 N–H and O–H groups in total. The second-order valence-corrected chi connectivity index (χ2v) is 2.59. The predicted octanol–water partition coefficient (Wildman–Crippen LogP) is 1.15. The predicted molar refractivity (Wildman–Crippen MR) is 41.3 cm³/mol. The summed E-state index contributed by atoms with van der Waals surface area (Å²) in [6, 6.07) is 0. The Hall–Kier alpha value is -1.23. The van der Waals surface area contributed by atoms with Gasteiger partial charge in [-0.2, -0.15) is 0 Å². The van der Waals surface area contributed by atoms with Crippen LogP contribution in [-0.2, 0) is 4.79 Å². The van der Waals surface area contributed by atoms with E-state index in [9.17, 15) is 9.18 Å². The number of nitrogen functional groups attached to an aromatic ring is 1. The number of halogens is 1. The molecular formula is C6H4FN2OS. The van der Waals surface area contributed by atoms with Crippen molar-refractivity contribution in [1.82, 2.24) is 4.98 Å². The van der Waals surface area contributed by atoms with Gasteiger partial charge in [0.1, 0.15) is 6.33 Å². The number of carbonyl (C=O) groups excluding carboxylic acids is 1. The molecule has 0 aromatic carbocycles. The summed E-state index contributed by atoms with van der Waals surface area (Å²) in [7, 11) is 0. The average molecular weight is 171 g/mol. The first-order valence-electron chi connectivity index (χ1n) is 2.68. The third-order valence-corrected chi connectivity index (χ3v) is 1.69. The summed E-state index contributed by atoms with van der Waals surface area (Å²) in [6.07, 6.45) is 1.56. The van der Waals surface area contributed by atoms with Crippen molar-refractivity contribution < 1.29 is 9.18 Å². The Morgan fingerprint density at radius 1 is 1.91 bits per heavy atom. The van der Waals surface area contributed by atoms with Gasteiger partial charge in [0.15, 0.2) is 5.13 Å². The van der Waals surface area contributed by atoms with Gasteiger partial charge in [0.05, 0.1) is 11.3 Å². The van der Waals surface area contributed by atoms with E-state index in [1.54, 1.807) is 0 Å². The summed E-state index contributed by atoms with van der Waals surface area (Å²) in [5.41, 5.74) is 5.27. The summed E-state index contributed by atoms with van der Waals surface area (Å²) >= 11 is 1.14. The monoisotopic (exact) mass is 171 g/mol. The van der Waals surface area contributed by atoms with Crippen molar-refractivity contribution in [2.24, 2.45) is 0 Å². The molecule has 0 saturated carbocycles. The van der Waals surface area contributed by atoms with Gasteiger partial charge in [-0.05, 0) is 0 Å². The van der Waals surface area contributed by atoms with E-state index in [0.717, 1.165) is 11.3 Å². The van der Waals surface area contributed by atoms with Crippen molar-refractivity contribution in [2.45, 2.75) is 0 Å². The molecule has 0 amide bonds. The summed E-state index contributed by atoms with van der Waals surface area (Å²) in [6.45, 7) is 0. The standard InChI is InChI=1S/C6H4FN2OS/c7-1-4(2-10)5-3-11-6(8)9-5/h1,3H,(H2,8,9)/b4-1-. The van der Waals surface area contributed by atoms with Crippen LogP contribution in [-0.4, -0.2) is 11.3 Å². The van der Waals surface area contributed by atoms with Crippen molar-refractivity contribution in [3.63, 3.8) is 0 Å². The van der Waals surface area contributed by atoms with Crippen LogP contribution in [0.25, 0.3) is 5.57 Å². The largest absolute Gasteiger partial charge is 0.375 e. The number of nitrogens with zero attached hydrogens (tertiary/aromatic N) is 1. The molecule has 0 fully saturated rings. The summed E-state index contributed by atoms with van der Waals surface area (Å²) in [5.74, 6) is 0. The van der Waals surface area contributed by atoms with E-state index < -0.39 is 0 Å². The highest BCUT2D eigenvalue weighted by Crippen LogP contribution is 2.17. The molecular weight excluding hydrogens is 167 g/mol. The van der Waals surface area contributed by atoms with E-state index in [1.807, 2.05) is 0 Å². The quantitative estimate of drug-likeness (QED) is 0.679. The number of nitrogens with two attached hydrogens (primary N) is 1. The lowest BCUT2D eigenvalue weighted by atomic mass is 10.3. The van der Waals surface area contributed by atoms with Crippen LogP contribution in [0.5, 0.6) is 0 Å². The van der Waals surface area contributed by atoms with Crippen molar-refractivity contribution >= 4 is 28.3 Å². The van der Waals surface area contributed by atoms with Crippen molar-refractivity contribution in [1.29, 1.82) is 0 Å². The molecule has 0 bridgehead atoms. The van der Waals surface area contributed by atoms with Crippen LogP contribution in [0.15, 0.2) is 11.7 Å². The van der Waals surface area contributed by atoms with Crippen LogP contribution in [0.4, 0.5) is 9.52 Å². The number of hydrogen-bond acceptors (Lipinski definition) is 4. The molecule has 0 saturated heterocycles. The molecule has 1 rings (SSSR count). The molecule has 0 aliphatic rings. The molecule has 1 aromatic rings. The molecule has 1 heterocycles. The molecule has 1 aromatic heterocycles. The summed E-state index contributed by atoms with van der Waals surface area (Å²) in [4.78, 5) is 13.7. The van der Waals surface area contributed by atoms with Crippen LogP contribution >= 0.6 is 11.3 Å². The number of rotatable bonds is 2. The van der Waals surface area contributed by atoms with Gasteiger partial charge < -0.3 is 5.73 Å². The first kappa shape index (κ1) is 7.87. The zero-order valence-corrected chi connectivity index (χ0v) is 6.19. The fourth-order valence-electron chi connectivity index (χ4n) is 0.542. The summed E-state index contributed by atoms with van der Waals surface area (Å²) in [5, 5.41) is 1.79. The average Bonchev–Trinajstić information content (AvgIpc) is 2.39. The Morgan fingerprint density at radius 2 is 2.64 bits per heavy atom. The number of hydrogen-bond donors (Lipinski definition) is 1. The van der Waals surface area contributed by atoms with Gasteiger partial charge in [-0.1, -0.05) is 0 Å². The lowest BCUT2D eigenvalue weighted by molar-refractivity contribution is 0.564. The maximum atomic E-state index is 11.9. The van der Waals surface area contributed by atoms with Gasteiger partial charge in [0, 0.05) is 5.38 Å². The Balaban J connectivity index is 3.00. The Bertz CT molecular complexity index is 295. The topological polar surface area (TPSA) is 56.0 Å². The van der Waals surface area contributed by atoms with E-state index in [1.165, 1.54) is 11.7 Å². The first-order chi connectivity index (χ1) is 5.27. The third-order valence-electron chi connectivity index (χ3n) is 1.02. The highest BCUT2D eigenvalue weighted by atomic mass is 32.1. The van der Waals surface area contributed by atoms with Crippen LogP contribution < -0.4 is 5.73 Å². The lowest BCUT2D eigenvalue weighted by Gasteiger charge is -1.85. The Morgan fingerprint density at radius 3 is 3.00 bits per heavy atom. The fourth-order valence-corrected chi connectivity index (χ4v) is 1.10. The van der Waals surface area contributed by atoms with Gasteiger partial charge in [-0.3, -0.25) is 4.79 Å². The van der Waals surface area contributed by atoms with E-state index in [-0.39, 0.29) is 17.6 Å². The normalized spacial score (nSPS) is 11.5.